The molecular weight excluding hydrogens is 214 g/mol. The minimum absolute atomic E-state index is 0.400. The number of carbonyl (C=O) groups excluding carboxylic acids is 1. The number of nitrogens with zero attached hydrogens (tertiary/aromatic N) is 1. The molecule has 1 amide bonds. The Bertz CT molecular complexity index is 390. The Morgan fingerprint density at radius 2 is 2.06 bits per heavy atom. The van der Waals surface area contributed by atoms with E-state index in [1.165, 1.54) is 0 Å². The van der Waals surface area contributed by atoms with Gasteiger partial charge in [-0.15, -0.1) is 0 Å². The van der Waals surface area contributed by atoms with Gasteiger partial charge in [0.2, 0.25) is 0 Å². The summed E-state index contributed by atoms with van der Waals surface area (Å²) in [4.78, 5) is 13.4. The van der Waals surface area contributed by atoms with Gasteiger partial charge in [0, 0.05) is 13.1 Å². The van der Waals surface area contributed by atoms with Crippen LogP contribution in [0.15, 0.2) is 18.2 Å². The number of benzene rings is 1. The number of nitrogen functional groups attached to an aromatic ring is 1. The van der Waals surface area contributed by atoms with E-state index in [-0.39, 0.29) is 0 Å². The first kappa shape index (κ1) is 13.4. The lowest BCUT2D eigenvalue weighted by Crippen LogP contribution is -2.26. The van der Waals surface area contributed by atoms with Crippen molar-refractivity contribution >= 4 is 17.3 Å². The molecule has 0 unspecified atom stereocenters. The molecule has 0 aliphatic carbocycles. The lowest BCUT2D eigenvalue weighted by molar-refractivity contribution is 0.100. The van der Waals surface area contributed by atoms with E-state index in [0.29, 0.717) is 11.3 Å². The van der Waals surface area contributed by atoms with Gasteiger partial charge in [0.25, 0.3) is 5.91 Å². The summed E-state index contributed by atoms with van der Waals surface area (Å²) in [6, 6.07) is 5.41. The first-order chi connectivity index (χ1) is 8.11. The summed E-state index contributed by atoms with van der Waals surface area (Å²) in [5, 5.41) is 0. The molecule has 1 rings (SSSR count). The van der Waals surface area contributed by atoms with Gasteiger partial charge in [0.1, 0.15) is 0 Å². The standard InChI is InChI=1S/C13H21N3O/c1-3-5-9-16(4-2)11-8-6-7-10(12(11)14)13(15)17/h6-8H,3-5,9,14H2,1-2H3,(H2,15,17). The molecule has 94 valence electrons. The van der Waals surface area contributed by atoms with Gasteiger partial charge in [0.15, 0.2) is 0 Å². The summed E-state index contributed by atoms with van der Waals surface area (Å²) in [7, 11) is 0. The molecular formula is C13H21N3O. The Balaban J connectivity index is 3.03. The average Bonchev–Trinajstić information content (AvgIpc) is 2.31. The molecule has 0 heterocycles. The van der Waals surface area contributed by atoms with Crippen LogP contribution in [-0.4, -0.2) is 19.0 Å². The molecule has 0 bridgehead atoms. The highest BCUT2D eigenvalue weighted by molar-refractivity contribution is 6.00. The fraction of sp³-hybridized carbons (Fsp3) is 0.462. The van der Waals surface area contributed by atoms with E-state index in [9.17, 15) is 4.79 Å². The Hall–Kier alpha value is -1.71. The summed E-state index contributed by atoms with van der Waals surface area (Å²) in [6.07, 6.45) is 2.24. The summed E-state index contributed by atoms with van der Waals surface area (Å²) in [5.74, 6) is -0.476. The van der Waals surface area contributed by atoms with Crippen LogP contribution in [-0.2, 0) is 0 Å². The van der Waals surface area contributed by atoms with Gasteiger partial charge in [0.05, 0.1) is 16.9 Å². The minimum Gasteiger partial charge on any atom is -0.396 e. The number of anilines is 2. The molecule has 4 nitrogen and oxygen atoms in total. The molecule has 0 aliphatic rings. The summed E-state index contributed by atoms with van der Waals surface area (Å²) in [5.41, 5.74) is 13.1. The number of rotatable bonds is 6. The predicted molar refractivity (Wildman–Crippen MR) is 72.2 cm³/mol. The van der Waals surface area contributed by atoms with Crippen LogP contribution in [0.3, 0.4) is 0 Å². The zero-order chi connectivity index (χ0) is 12.8. The Kier molecular flexibility index (Phi) is 4.82. The van der Waals surface area contributed by atoms with Gasteiger partial charge < -0.3 is 16.4 Å². The molecule has 1 aromatic rings. The van der Waals surface area contributed by atoms with Crippen molar-refractivity contribution in [1.29, 1.82) is 0 Å². The number of para-hydroxylation sites is 1. The maximum Gasteiger partial charge on any atom is 0.250 e. The van der Waals surface area contributed by atoms with Crippen molar-refractivity contribution in [1.82, 2.24) is 0 Å². The molecule has 1 aromatic carbocycles. The SMILES string of the molecule is CCCCN(CC)c1cccc(C(N)=O)c1N. The maximum absolute atomic E-state index is 11.2. The molecule has 0 radical (unpaired) electrons. The van der Waals surface area contributed by atoms with Gasteiger partial charge >= 0.3 is 0 Å². The number of amides is 1. The first-order valence-corrected chi connectivity index (χ1v) is 6.05. The second-order valence-electron chi connectivity index (χ2n) is 4.04. The van der Waals surface area contributed by atoms with Gasteiger partial charge in [-0.2, -0.15) is 0 Å². The molecule has 0 saturated heterocycles. The van der Waals surface area contributed by atoms with Crippen molar-refractivity contribution in [3.05, 3.63) is 23.8 Å². The highest BCUT2D eigenvalue weighted by atomic mass is 16.1. The molecule has 0 atom stereocenters. The maximum atomic E-state index is 11.2. The zero-order valence-electron chi connectivity index (χ0n) is 10.6. The third-order valence-electron chi connectivity index (χ3n) is 2.85. The Morgan fingerprint density at radius 1 is 1.35 bits per heavy atom. The second kappa shape index (κ2) is 6.13. The summed E-state index contributed by atoms with van der Waals surface area (Å²) in [6.45, 7) is 6.04. The normalized spacial score (nSPS) is 10.2. The number of hydrogen-bond acceptors (Lipinski definition) is 3. The fourth-order valence-corrected chi connectivity index (χ4v) is 1.84. The molecule has 4 heteroatoms. The van der Waals surface area contributed by atoms with Crippen molar-refractivity contribution < 1.29 is 4.79 Å². The van der Waals surface area contributed by atoms with Gasteiger partial charge in [-0.05, 0) is 25.5 Å². The van der Waals surface area contributed by atoms with Crippen LogP contribution < -0.4 is 16.4 Å². The van der Waals surface area contributed by atoms with Crippen LogP contribution in [0.25, 0.3) is 0 Å². The number of carbonyl (C=O) groups is 1. The van der Waals surface area contributed by atoms with Crippen LogP contribution in [0.1, 0.15) is 37.0 Å². The fourth-order valence-electron chi connectivity index (χ4n) is 1.84. The molecule has 0 saturated carbocycles. The van der Waals surface area contributed by atoms with E-state index in [0.717, 1.165) is 31.6 Å². The van der Waals surface area contributed by atoms with E-state index in [4.69, 9.17) is 11.5 Å². The first-order valence-electron chi connectivity index (χ1n) is 6.05. The van der Waals surface area contributed by atoms with Crippen molar-refractivity contribution in [3.63, 3.8) is 0 Å². The Morgan fingerprint density at radius 3 is 2.59 bits per heavy atom. The minimum atomic E-state index is -0.476. The van der Waals surface area contributed by atoms with E-state index >= 15 is 0 Å². The van der Waals surface area contributed by atoms with E-state index < -0.39 is 5.91 Å². The van der Waals surface area contributed by atoms with E-state index in [1.807, 2.05) is 12.1 Å². The van der Waals surface area contributed by atoms with Gasteiger partial charge in [-0.1, -0.05) is 19.4 Å². The lowest BCUT2D eigenvalue weighted by atomic mass is 10.1. The topological polar surface area (TPSA) is 72.3 Å². The number of nitrogens with two attached hydrogens (primary N) is 2. The van der Waals surface area contributed by atoms with Crippen LogP contribution in [0.4, 0.5) is 11.4 Å². The largest absolute Gasteiger partial charge is 0.396 e. The number of hydrogen-bond donors (Lipinski definition) is 2. The highest BCUT2D eigenvalue weighted by Crippen LogP contribution is 2.26. The summed E-state index contributed by atoms with van der Waals surface area (Å²) >= 11 is 0. The van der Waals surface area contributed by atoms with Crippen molar-refractivity contribution in [2.24, 2.45) is 5.73 Å². The van der Waals surface area contributed by atoms with Crippen molar-refractivity contribution in [3.8, 4) is 0 Å². The van der Waals surface area contributed by atoms with Crippen LogP contribution >= 0.6 is 0 Å². The van der Waals surface area contributed by atoms with Crippen LogP contribution in [0.2, 0.25) is 0 Å². The highest BCUT2D eigenvalue weighted by Gasteiger charge is 2.13. The third-order valence-corrected chi connectivity index (χ3v) is 2.85. The van der Waals surface area contributed by atoms with Gasteiger partial charge in [-0.25, -0.2) is 0 Å². The van der Waals surface area contributed by atoms with Crippen molar-refractivity contribution in [2.75, 3.05) is 23.7 Å². The van der Waals surface area contributed by atoms with Crippen LogP contribution in [0, 0.1) is 0 Å². The monoisotopic (exact) mass is 235 g/mol. The number of primary amides is 1. The van der Waals surface area contributed by atoms with E-state index in [1.54, 1.807) is 6.07 Å². The van der Waals surface area contributed by atoms with Crippen LogP contribution in [0.5, 0.6) is 0 Å². The quantitative estimate of drug-likeness (QED) is 0.741. The molecule has 0 aromatic heterocycles. The summed E-state index contributed by atoms with van der Waals surface area (Å²) < 4.78 is 0. The van der Waals surface area contributed by atoms with E-state index in [2.05, 4.69) is 18.7 Å². The van der Waals surface area contributed by atoms with Crippen molar-refractivity contribution in [2.45, 2.75) is 26.7 Å². The molecule has 0 spiro atoms. The molecule has 0 aliphatic heterocycles. The molecule has 0 fully saturated rings. The molecule has 4 N–H and O–H groups in total. The zero-order valence-corrected chi connectivity index (χ0v) is 10.6. The third kappa shape index (κ3) is 3.12. The predicted octanol–water partition coefficient (Wildman–Crippen LogP) is 1.99. The smallest absolute Gasteiger partial charge is 0.250 e. The average molecular weight is 235 g/mol. The Labute approximate surface area is 103 Å². The second-order valence-corrected chi connectivity index (χ2v) is 4.04. The lowest BCUT2D eigenvalue weighted by Gasteiger charge is -2.25. The molecule has 17 heavy (non-hydrogen) atoms. The van der Waals surface area contributed by atoms with Gasteiger partial charge in [-0.3, -0.25) is 4.79 Å². The number of unbranched alkanes of at least 4 members (excludes halogenated alkanes) is 1.